The fourth-order valence-electron chi connectivity index (χ4n) is 0.495. The summed E-state index contributed by atoms with van der Waals surface area (Å²) in [7, 11) is 0. The Kier molecular flexibility index (Phi) is 0.680. The van der Waals surface area contributed by atoms with Gasteiger partial charge in [0, 0.05) is 5.57 Å². The van der Waals surface area contributed by atoms with E-state index in [1.807, 2.05) is 6.92 Å². The largest absolute Gasteiger partial charge is 0.346 e. The van der Waals surface area contributed by atoms with E-state index < -0.39 is 0 Å². The Hall–Kier alpha value is -0.790. The molecule has 7 heavy (non-hydrogen) atoms. The van der Waals surface area contributed by atoms with E-state index in [1.54, 1.807) is 0 Å². The van der Waals surface area contributed by atoms with Gasteiger partial charge in [-0.05, 0) is 6.92 Å². The van der Waals surface area contributed by atoms with Gasteiger partial charge in [0.2, 0.25) is 5.91 Å². The molecule has 0 aromatic heterocycles. The monoisotopic (exact) mass is 97.1 g/mol. The predicted octanol–water partition coefficient (Wildman–Crippen LogP) is 0.0609. The van der Waals surface area contributed by atoms with Crippen LogP contribution in [-0.2, 0) is 4.79 Å². The molecule has 1 rings (SSSR count). The number of hydrogen-bond acceptors (Lipinski definition) is 1. The lowest BCUT2D eigenvalue weighted by Gasteiger charge is -2.25. The molecule has 2 nitrogen and oxygen atoms in total. The second-order valence-corrected chi connectivity index (χ2v) is 1.72. The first-order valence-corrected chi connectivity index (χ1v) is 2.21. The highest BCUT2D eigenvalue weighted by Crippen LogP contribution is 2.08. The molecule has 0 unspecified atom stereocenters. The molecular weight excluding hydrogens is 90.1 g/mol. The van der Waals surface area contributed by atoms with Crippen LogP contribution in [0.5, 0.6) is 0 Å². The number of hydrogen-bond donors (Lipinski definition) is 1. The van der Waals surface area contributed by atoms with Gasteiger partial charge in [0.25, 0.3) is 0 Å². The molecule has 1 atom stereocenters. The summed E-state index contributed by atoms with van der Waals surface area (Å²) in [6.45, 7) is 5.42. The summed E-state index contributed by atoms with van der Waals surface area (Å²) in [4.78, 5) is 10.2. The minimum Gasteiger partial charge on any atom is -0.346 e. The molecule has 2 heteroatoms. The van der Waals surface area contributed by atoms with Gasteiger partial charge in [0.15, 0.2) is 0 Å². The standard InChI is InChI=1S/C5H7NO/c1-3-4(2)6-5(3)7/h4H,1H2,2H3,(H,6,7)/t4-/m1/s1. The van der Waals surface area contributed by atoms with Gasteiger partial charge in [-0.2, -0.15) is 0 Å². The number of β-lactam (4-membered cyclic amide) rings is 1. The summed E-state index contributed by atoms with van der Waals surface area (Å²) in [6, 6.07) is 0.215. The molecule has 1 heterocycles. The molecule has 0 spiro atoms. The van der Waals surface area contributed by atoms with Gasteiger partial charge in [0.1, 0.15) is 0 Å². The van der Waals surface area contributed by atoms with Crippen molar-refractivity contribution in [1.82, 2.24) is 5.32 Å². The molecule has 0 saturated carbocycles. The molecule has 0 aromatic rings. The van der Waals surface area contributed by atoms with Crippen molar-refractivity contribution in [3.8, 4) is 0 Å². The minimum atomic E-state index is -0.00694. The van der Waals surface area contributed by atoms with Gasteiger partial charge in [-0.3, -0.25) is 4.79 Å². The smallest absolute Gasteiger partial charge is 0.249 e. The molecule has 0 radical (unpaired) electrons. The van der Waals surface area contributed by atoms with Crippen molar-refractivity contribution in [2.75, 3.05) is 0 Å². The molecule has 38 valence electrons. The summed E-state index contributed by atoms with van der Waals surface area (Å²) < 4.78 is 0. The molecule has 1 fully saturated rings. The minimum absolute atomic E-state index is 0.00694. The van der Waals surface area contributed by atoms with Crippen molar-refractivity contribution in [3.63, 3.8) is 0 Å². The van der Waals surface area contributed by atoms with Crippen molar-refractivity contribution < 1.29 is 4.79 Å². The number of nitrogens with one attached hydrogen (secondary N) is 1. The van der Waals surface area contributed by atoms with Crippen molar-refractivity contribution >= 4 is 5.91 Å². The molecule has 1 amide bonds. The van der Waals surface area contributed by atoms with E-state index in [0.29, 0.717) is 5.57 Å². The third kappa shape index (κ3) is 0.427. The Morgan fingerprint density at radius 1 is 1.86 bits per heavy atom. The van der Waals surface area contributed by atoms with Crippen LogP contribution >= 0.6 is 0 Å². The number of amides is 1. The molecular formula is C5H7NO. The normalized spacial score (nSPS) is 29.0. The van der Waals surface area contributed by atoms with Crippen LogP contribution in [0.1, 0.15) is 6.92 Å². The number of carbonyl (C=O) groups excluding carboxylic acids is 1. The van der Waals surface area contributed by atoms with E-state index in [0.717, 1.165) is 0 Å². The molecule has 1 N–H and O–H groups in total. The quantitative estimate of drug-likeness (QED) is 0.336. The molecule has 1 saturated heterocycles. The molecule has 0 bridgehead atoms. The van der Waals surface area contributed by atoms with Crippen molar-refractivity contribution in [1.29, 1.82) is 0 Å². The average molecular weight is 97.1 g/mol. The number of rotatable bonds is 0. The van der Waals surface area contributed by atoms with E-state index in [1.165, 1.54) is 0 Å². The molecule has 1 aliphatic rings. The van der Waals surface area contributed by atoms with Crippen LogP contribution in [0.15, 0.2) is 12.2 Å². The first kappa shape index (κ1) is 4.37. The first-order valence-electron chi connectivity index (χ1n) is 2.21. The summed E-state index contributed by atoms with van der Waals surface area (Å²) >= 11 is 0. The van der Waals surface area contributed by atoms with Crippen molar-refractivity contribution in [3.05, 3.63) is 12.2 Å². The van der Waals surface area contributed by atoms with Gasteiger partial charge < -0.3 is 5.32 Å². The first-order chi connectivity index (χ1) is 3.22. The highest BCUT2D eigenvalue weighted by Gasteiger charge is 2.25. The summed E-state index contributed by atoms with van der Waals surface area (Å²) in [5, 5.41) is 2.62. The second-order valence-electron chi connectivity index (χ2n) is 1.72. The average Bonchev–Trinajstić information content (AvgIpc) is 1.68. The zero-order chi connectivity index (χ0) is 5.44. The topological polar surface area (TPSA) is 29.1 Å². The van der Waals surface area contributed by atoms with Crippen LogP contribution in [0.25, 0.3) is 0 Å². The summed E-state index contributed by atoms with van der Waals surface area (Å²) in [5.41, 5.74) is 0.694. The maximum atomic E-state index is 10.2. The zero-order valence-electron chi connectivity index (χ0n) is 4.19. The fourth-order valence-corrected chi connectivity index (χ4v) is 0.495. The van der Waals surface area contributed by atoms with Crippen molar-refractivity contribution in [2.45, 2.75) is 13.0 Å². The Balaban J connectivity index is 2.60. The van der Waals surface area contributed by atoms with E-state index in [4.69, 9.17) is 0 Å². The van der Waals surface area contributed by atoms with Crippen LogP contribution in [-0.4, -0.2) is 11.9 Å². The zero-order valence-corrected chi connectivity index (χ0v) is 4.19. The Labute approximate surface area is 42.2 Å². The highest BCUT2D eigenvalue weighted by atomic mass is 16.2. The van der Waals surface area contributed by atoms with E-state index in [9.17, 15) is 4.79 Å². The summed E-state index contributed by atoms with van der Waals surface area (Å²) in [6.07, 6.45) is 0. The third-order valence-electron chi connectivity index (χ3n) is 1.16. The second kappa shape index (κ2) is 1.09. The van der Waals surface area contributed by atoms with Crippen LogP contribution in [0.4, 0.5) is 0 Å². The fraction of sp³-hybridized carbons (Fsp3) is 0.400. The van der Waals surface area contributed by atoms with Gasteiger partial charge in [0.05, 0.1) is 6.04 Å². The third-order valence-corrected chi connectivity index (χ3v) is 1.16. The van der Waals surface area contributed by atoms with Gasteiger partial charge in [-0.25, -0.2) is 0 Å². The predicted molar refractivity (Wildman–Crippen MR) is 26.7 cm³/mol. The van der Waals surface area contributed by atoms with Crippen LogP contribution in [0.3, 0.4) is 0 Å². The van der Waals surface area contributed by atoms with Crippen LogP contribution < -0.4 is 5.32 Å². The Morgan fingerprint density at radius 2 is 2.43 bits per heavy atom. The van der Waals surface area contributed by atoms with E-state index in [2.05, 4.69) is 11.9 Å². The lowest BCUT2D eigenvalue weighted by molar-refractivity contribution is -0.121. The van der Waals surface area contributed by atoms with Crippen LogP contribution in [0, 0.1) is 0 Å². The van der Waals surface area contributed by atoms with Gasteiger partial charge >= 0.3 is 0 Å². The summed E-state index contributed by atoms with van der Waals surface area (Å²) in [5.74, 6) is -0.00694. The Bertz CT molecular complexity index is 128. The van der Waals surface area contributed by atoms with Gasteiger partial charge in [-0.1, -0.05) is 6.58 Å². The highest BCUT2D eigenvalue weighted by molar-refractivity contribution is 6.00. The lowest BCUT2D eigenvalue weighted by atomic mass is 10.0. The van der Waals surface area contributed by atoms with Gasteiger partial charge in [-0.15, -0.1) is 0 Å². The maximum Gasteiger partial charge on any atom is 0.249 e. The van der Waals surface area contributed by atoms with Crippen LogP contribution in [0.2, 0.25) is 0 Å². The molecule has 1 aliphatic heterocycles. The number of carbonyl (C=O) groups is 1. The molecule has 0 aliphatic carbocycles. The maximum absolute atomic E-state index is 10.2. The van der Waals surface area contributed by atoms with E-state index >= 15 is 0 Å². The van der Waals surface area contributed by atoms with E-state index in [-0.39, 0.29) is 11.9 Å². The SMILES string of the molecule is C=C1C(=O)N[C@@H]1C. The Morgan fingerprint density at radius 3 is 2.43 bits per heavy atom. The van der Waals surface area contributed by atoms with Crippen molar-refractivity contribution in [2.24, 2.45) is 0 Å². The molecule has 0 aromatic carbocycles. The lowest BCUT2D eigenvalue weighted by Crippen LogP contribution is -2.48.